The van der Waals surface area contributed by atoms with Crippen LogP contribution >= 0.6 is 0 Å². The average Bonchev–Trinajstić information content (AvgIpc) is 2.78. The number of likely N-dealkylation sites (tertiary alicyclic amines) is 1. The number of β-amino-alcohol motifs (C(OH)–C–C–N with tert-alkyl or cyclic N) is 1. The van der Waals surface area contributed by atoms with Crippen molar-refractivity contribution in [2.45, 2.75) is 18.6 Å². The fraction of sp³-hybridized carbons (Fsp3) is 0.286. The second-order valence-electron chi connectivity index (χ2n) is 4.74. The van der Waals surface area contributed by atoms with E-state index in [1.807, 2.05) is 0 Å². The zero-order chi connectivity index (χ0) is 14.7. The molecule has 1 aromatic rings. The van der Waals surface area contributed by atoms with Crippen molar-refractivity contribution in [1.29, 1.82) is 0 Å². The third-order valence-electron chi connectivity index (χ3n) is 3.18. The topological polar surface area (TPSA) is 104 Å². The summed E-state index contributed by atoms with van der Waals surface area (Å²) in [4.78, 5) is 24.2. The molecule has 1 heterocycles. The number of benzene rings is 1. The molecule has 0 aliphatic carbocycles. The lowest BCUT2D eigenvalue weighted by molar-refractivity contribution is -0.146. The molecule has 1 aliphatic rings. The molecule has 6 nitrogen and oxygen atoms in total. The van der Waals surface area contributed by atoms with Gasteiger partial charge in [0.05, 0.1) is 6.10 Å². The monoisotopic (exact) mass is 276 g/mol. The smallest absolute Gasteiger partial charge is 0.326 e. The van der Waals surface area contributed by atoms with Crippen LogP contribution in [0, 0.1) is 0 Å². The SMILES string of the molecule is Nc1cccc(/C=C/C(=O)N2C[C@H](O)C[C@@H]2C(=O)O)c1. The predicted molar refractivity (Wildman–Crippen MR) is 73.6 cm³/mol. The van der Waals surface area contributed by atoms with E-state index in [-0.39, 0.29) is 13.0 Å². The summed E-state index contributed by atoms with van der Waals surface area (Å²) in [6.45, 7) is 0.0388. The summed E-state index contributed by atoms with van der Waals surface area (Å²) in [7, 11) is 0. The standard InChI is InChI=1S/C14H16N2O4/c15-10-3-1-2-9(6-10)4-5-13(18)16-8-11(17)7-12(16)14(19)20/h1-6,11-12,17H,7-8,15H2,(H,19,20)/b5-4+/t11-,12-/m1/s1. The maximum absolute atomic E-state index is 12.0. The van der Waals surface area contributed by atoms with Gasteiger partial charge in [0.1, 0.15) is 6.04 Å². The van der Waals surface area contributed by atoms with Crippen LogP contribution in [0.15, 0.2) is 30.3 Å². The van der Waals surface area contributed by atoms with Gasteiger partial charge in [0, 0.05) is 24.7 Å². The molecule has 2 atom stereocenters. The van der Waals surface area contributed by atoms with E-state index in [1.165, 1.54) is 6.08 Å². The molecule has 106 valence electrons. The molecule has 1 fully saturated rings. The van der Waals surface area contributed by atoms with Crippen molar-refractivity contribution in [1.82, 2.24) is 4.90 Å². The van der Waals surface area contributed by atoms with E-state index in [4.69, 9.17) is 10.8 Å². The molecule has 0 radical (unpaired) electrons. The van der Waals surface area contributed by atoms with Crippen molar-refractivity contribution >= 4 is 23.6 Å². The largest absolute Gasteiger partial charge is 0.480 e. The van der Waals surface area contributed by atoms with Gasteiger partial charge in [0.25, 0.3) is 0 Å². The van der Waals surface area contributed by atoms with Crippen LogP contribution in [0.5, 0.6) is 0 Å². The van der Waals surface area contributed by atoms with Crippen molar-refractivity contribution in [3.63, 3.8) is 0 Å². The van der Waals surface area contributed by atoms with Crippen molar-refractivity contribution in [3.8, 4) is 0 Å². The van der Waals surface area contributed by atoms with Crippen LogP contribution in [0.4, 0.5) is 5.69 Å². The Hall–Kier alpha value is -2.34. The Kier molecular flexibility index (Phi) is 4.05. The molecule has 0 saturated carbocycles. The van der Waals surface area contributed by atoms with Crippen molar-refractivity contribution in [3.05, 3.63) is 35.9 Å². The highest BCUT2D eigenvalue weighted by Gasteiger charge is 2.37. The Bertz CT molecular complexity index is 556. The van der Waals surface area contributed by atoms with Gasteiger partial charge in [0.2, 0.25) is 5.91 Å². The van der Waals surface area contributed by atoms with Gasteiger partial charge in [-0.1, -0.05) is 12.1 Å². The molecule has 6 heteroatoms. The minimum absolute atomic E-state index is 0.0388. The number of aliphatic hydroxyl groups excluding tert-OH is 1. The minimum atomic E-state index is -1.10. The quantitative estimate of drug-likeness (QED) is 0.545. The molecule has 20 heavy (non-hydrogen) atoms. The zero-order valence-electron chi connectivity index (χ0n) is 10.8. The second-order valence-corrected chi connectivity index (χ2v) is 4.74. The molecule has 0 spiro atoms. The van der Waals surface area contributed by atoms with Crippen LogP contribution in [0.1, 0.15) is 12.0 Å². The number of nitrogens with zero attached hydrogens (tertiary/aromatic N) is 1. The molecular weight excluding hydrogens is 260 g/mol. The van der Waals surface area contributed by atoms with E-state index >= 15 is 0 Å². The normalized spacial score (nSPS) is 22.4. The molecule has 1 saturated heterocycles. The Balaban J connectivity index is 2.09. The van der Waals surface area contributed by atoms with Crippen molar-refractivity contribution in [2.75, 3.05) is 12.3 Å². The molecule has 0 aromatic heterocycles. The molecule has 4 N–H and O–H groups in total. The summed E-state index contributed by atoms with van der Waals surface area (Å²) in [5, 5.41) is 18.5. The van der Waals surface area contributed by atoms with Gasteiger partial charge in [-0.25, -0.2) is 4.79 Å². The lowest BCUT2D eigenvalue weighted by Gasteiger charge is -2.19. The molecule has 0 bridgehead atoms. The summed E-state index contributed by atoms with van der Waals surface area (Å²) < 4.78 is 0. The molecule has 1 amide bonds. The summed E-state index contributed by atoms with van der Waals surface area (Å²) in [6.07, 6.45) is 2.14. The lowest BCUT2D eigenvalue weighted by Crippen LogP contribution is -2.39. The number of anilines is 1. The second kappa shape index (κ2) is 5.75. The average molecular weight is 276 g/mol. The van der Waals surface area contributed by atoms with E-state index in [0.29, 0.717) is 5.69 Å². The first-order valence-corrected chi connectivity index (χ1v) is 6.22. The highest BCUT2D eigenvalue weighted by atomic mass is 16.4. The highest BCUT2D eigenvalue weighted by Crippen LogP contribution is 2.19. The van der Waals surface area contributed by atoms with Crippen LogP contribution in [-0.4, -0.2) is 45.7 Å². The Labute approximate surface area is 116 Å². The van der Waals surface area contributed by atoms with Crippen LogP contribution in [0.3, 0.4) is 0 Å². The molecule has 1 aromatic carbocycles. The number of rotatable bonds is 3. The number of carboxylic acids is 1. The van der Waals surface area contributed by atoms with E-state index < -0.39 is 24.0 Å². The maximum atomic E-state index is 12.0. The van der Waals surface area contributed by atoms with Gasteiger partial charge in [-0.3, -0.25) is 4.79 Å². The zero-order valence-corrected chi connectivity index (χ0v) is 10.8. The van der Waals surface area contributed by atoms with Crippen LogP contribution in [0.2, 0.25) is 0 Å². The number of nitrogens with two attached hydrogens (primary N) is 1. The van der Waals surface area contributed by atoms with E-state index in [2.05, 4.69) is 0 Å². The highest BCUT2D eigenvalue weighted by molar-refractivity contribution is 5.95. The fourth-order valence-electron chi connectivity index (χ4n) is 2.22. The number of nitrogen functional groups attached to an aromatic ring is 1. The van der Waals surface area contributed by atoms with Gasteiger partial charge in [-0.15, -0.1) is 0 Å². The van der Waals surface area contributed by atoms with Gasteiger partial charge in [-0.05, 0) is 23.8 Å². The summed E-state index contributed by atoms with van der Waals surface area (Å²) >= 11 is 0. The van der Waals surface area contributed by atoms with E-state index in [9.17, 15) is 14.7 Å². The van der Waals surface area contributed by atoms with Crippen molar-refractivity contribution in [2.24, 2.45) is 0 Å². The number of hydrogen-bond acceptors (Lipinski definition) is 4. The van der Waals surface area contributed by atoms with Gasteiger partial charge in [0.15, 0.2) is 0 Å². The first-order chi connectivity index (χ1) is 9.47. The van der Waals surface area contributed by atoms with Crippen LogP contribution in [0.25, 0.3) is 6.08 Å². The molecular formula is C14H16N2O4. The number of aliphatic hydroxyl groups is 1. The van der Waals surface area contributed by atoms with Gasteiger partial charge in [-0.2, -0.15) is 0 Å². The van der Waals surface area contributed by atoms with Crippen LogP contribution < -0.4 is 5.73 Å². The first kappa shape index (κ1) is 14.1. The molecule has 1 aliphatic heterocycles. The van der Waals surface area contributed by atoms with Crippen LogP contribution in [-0.2, 0) is 9.59 Å². The van der Waals surface area contributed by atoms with Gasteiger partial charge >= 0.3 is 5.97 Å². The number of aliphatic carboxylic acids is 1. The summed E-state index contributed by atoms with van der Waals surface area (Å²) in [5.74, 6) is -1.54. The van der Waals surface area contributed by atoms with E-state index in [0.717, 1.165) is 10.5 Å². The number of carbonyl (C=O) groups excluding carboxylic acids is 1. The number of carbonyl (C=O) groups is 2. The third kappa shape index (κ3) is 3.16. The predicted octanol–water partition coefficient (Wildman–Crippen LogP) is 0.328. The first-order valence-electron chi connectivity index (χ1n) is 6.22. The Morgan fingerprint density at radius 3 is 2.80 bits per heavy atom. The Morgan fingerprint density at radius 1 is 1.40 bits per heavy atom. The fourth-order valence-corrected chi connectivity index (χ4v) is 2.22. The summed E-state index contributed by atoms with van der Waals surface area (Å²) in [5.41, 5.74) is 6.96. The maximum Gasteiger partial charge on any atom is 0.326 e. The number of hydrogen-bond donors (Lipinski definition) is 3. The Morgan fingerprint density at radius 2 is 2.15 bits per heavy atom. The number of amides is 1. The van der Waals surface area contributed by atoms with E-state index in [1.54, 1.807) is 30.3 Å². The van der Waals surface area contributed by atoms with Gasteiger partial charge < -0.3 is 20.8 Å². The minimum Gasteiger partial charge on any atom is -0.480 e. The third-order valence-corrected chi connectivity index (χ3v) is 3.18. The van der Waals surface area contributed by atoms with Crippen molar-refractivity contribution < 1.29 is 19.8 Å². The molecule has 0 unspecified atom stereocenters. The molecule has 2 rings (SSSR count). The lowest BCUT2D eigenvalue weighted by atomic mass is 10.2. The summed E-state index contributed by atoms with van der Waals surface area (Å²) in [6, 6.07) is 6.02. The number of carboxylic acid groups (broad SMARTS) is 1.